The van der Waals surface area contributed by atoms with Gasteiger partial charge in [0, 0.05) is 33.3 Å². The monoisotopic (exact) mass is 703 g/mol. The van der Waals surface area contributed by atoms with Crippen molar-refractivity contribution in [1.82, 2.24) is 0 Å². The fourth-order valence-electron chi connectivity index (χ4n) is 9.24. The summed E-state index contributed by atoms with van der Waals surface area (Å²) < 4.78 is 6.93. The molecule has 0 atom stereocenters. The topological polar surface area (TPSA) is 12.5 Å². The quantitative estimate of drug-likeness (QED) is 0.169. The van der Waals surface area contributed by atoms with Crippen LogP contribution in [0.3, 0.4) is 0 Å². The SMILES string of the molecule is CC1(C)c2ccccc2-c2ccc(N(c3ccc4c(c3)-c3ccccc3-c3c(cccc3-c3ccccc3)O4)c3cc4ccccc4c4ccccc34)cc21. The van der Waals surface area contributed by atoms with Gasteiger partial charge in [-0.2, -0.15) is 0 Å². The van der Waals surface area contributed by atoms with E-state index in [-0.39, 0.29) is 5.41 Å². The van der Waals surface area contributed by atoms with Gasteiger partial charge in [-0.25, -0.2) is 0 Å². The summed E-state index contributed by atoms with van der Waals surface area (Å²) in [6.45, 7) is 4.71. The Hall–Kier alpha value is -6.90. The predicted octanol–water partition coefficient (Wildman–Crippen LogP) is 14.9. The Bertz CT molecular complexity index is 2990. The summed E-state index contributed by atoms with van der Waals surface area (Å²) in [6, 6.07) is 68.4. The second-order valence-electron chi connectivity index (χ2n) is 15.3. The third-order valence-corrected chi connectivity index (χ3v) is 11.9. The number of hydrogen-bond acceptors (Lipinski definition) is 2. The average Bonchev–Trinajstić information content (AvgIpc) is 3.36. The molecule has 0 aromatic heterocycles. The molecule has 0 saturated carbocycles. The van der Waals surface area contributed by atoms with Gasteiger partial charge in [-0.15, -0.1) is 0 Å². The van der Waals surface area contributed by atoms with Crippen molar-refractivity contribution in [2.75, 3.05) is 4.90 Å². The van der Waals surface area contributed by atoms with E-state index in [4.69, 9.17) is 4.74 Å². The molecule has 9 aromatic rings. The molecule has 0 unspecified atom stereocenters. The standard InChI is InChI=1S/C53H37NO/c1-53(2)47-25-13-12-21-42(47)43-29-27-37(33-48(43)53)54(49-31-35-17-6-7-18-38(35)40-19-8-10-22-44(40)49)36-28-30-50-46(32-36)41-20-9-11-23-45(41)52-39(24-14-26-51(52)55-50)34-15-4-3-5-16-34/h3-33H,1-2H3. The zero-order valence-electron chi connectivity index (χ0n) is 30.8. The molecule has 1 heterocycles. The molecule has 2 heteroatoms. The lowest BCUT2D eigenvalue weighted by Crippen LogP contribution is -2.16. The molecule has 2 nitrogen and oxygen atoms in total. The van der Waals surface area contributed by atoms with Gasteiger partial charge in [0.15, 0.2) is 0 Å². The summed E-state index contributed by atoms with van der Waals surface area (Å²) >= 11 is 0. The molecule has 0 saturated heterocycles. The van der Waals surface area contributed by atoms with E-state index in [2.05, 4.69) is 207 Å². The normalized spacial score (nSPS) is 13.2. The molecule has 0 radical (unpaired) electrons. The molecular formula is C53H37NO. The molecule has 2 aliphatic rings. The zero-order valence-corrected chi connectivity index (χ0v) is 30.8. The van der Waals surface area contributed by atoms with Crippen LogP contribution >= 0.6 is 0 Å². The van der Waals surface area contributed by atoms with Crippen molar-refractivity contribution in [2.24, 2.45) is 0 Å². The van der Waals surface area contributed by atoms with E-state index in [0.717, 1.165) is 56.4 Å². The summed E-state index contributed by atoms with van der Waals surface area (Å²) in [7, 11) is 0. The van der Waals surface area contributed by atoms with E-state index < -0.39 is 0 Å². The minimum atomic E-state index is -0.137. The third-order valence-electron chi connectivity index (χ3n) is 11.9. The molecule has 0 fully saturated rings. The Morgan fingerprint density at radius 1 is 0.400 bits per heavy atom. The number of fused-ring (bicyclic) bond motifs is 11. The number of nitrogens with zero attached hydrogens (tertiary/aromatic N) is 1. The first-order chi connectivity index (χ1) is 27.0. The lowest BCUT2D eigenvalue weighted by molar-refractivity contribution is 0.488. The molecule has 0 amide bonds. The van der Waals surface area contributed by atoms with Crippen LogP contribution in [0.15, 0.2) is 188 Å². The van der Waals surface area contributed by atoms with Crippen LogP contribution in [-0.4, -0.2) is 0 Å². The van der Waals surface area contributed by atoms with E-state index in [1.54, 1.807) is 0 Å². The Morgan fingerprint density at radius 2 is 1.04 bits per heavy atom. The van der Waals surface area contributed by atoms with Gasteiger partial charge in [0.25, 0.3) is 0 Å². The molecule has 0 bridgehead atoms. The van der Waals surface area contributed by atoms with Crippen LogP contribution in [0, 0.1) is 0 Å². The molecule has 11 rings (SSSR count). The van der Waals surface area contributed by atoms with E-state index in [9.17, 15) is 0 Å². The third kappa shape index (κ3) is 4.81. The first-order valence-corrected chi connectivity index (χ1v) is 19.1. The van der Waals surface area contributed by atoms with Crippen LogP contribution < -0.4 is 9.64 Å². The maximum Gasteiger partial charge on any atom is 0.135 e. The van der Waals surface area contributed by atoms with Gasteiger partial charge in [0.1, 0.15) is 11.5 Å². The van der Waals surface area contributed by atoms with Crippen molar-refractivity contribution >= 4 is 38.6 Å². The number of anilines is 3. The molecule has 1 aliphatic heterocycles. The molecule has 260 valence electrons. The summed E-state index contributed by atoms with van der Waals surface area (Å²) in [5, 5.41) is 4.91. The number of rotatable bonds is 4. The average molecular weight is 704 g/mol. The van der Waals surface area contributed by atoms with Gasteiger partial charge >= 0.3 is 0 Å². The van der Waals surface area contributed by atoms with E-state index in [1.165, 1.54) is 49.4 Å². The summed E-state index contributed by atoms with van der Waals surface area (Å²) in [6.07, 6.45) is 0. The molecule has 1 aliphatic carbocycles. The highest BCUT2D eigenvalue weighted by Gasteiger charge is 2.36. The first-order valence-electron chi connectivity index (χ1n) is 19.1. The van der Waals surface area contributed by atoms with Gasteiger partial charge < -0.3 is 9.64 Å². The summed E-state index contributed by atoms with van der Waals surface area (Å²) in [5.41, 5.74) is 15.3. The van der Waals surface area contributed by atoms with Crippen LogP contribution in [0.5, 0.6) is 11.5 Å². The zero-order chi connectivity index (χ0) is 36.7. The van der Waals surface area contributed by atoms with Gasteiger partial charge in [0.05, 0.1) is 5.69 Å². The lowest BCUT2D eigenvalue weighted by Gasteiger charge is -2.30. The van der Waals surface area contributed by atoms with Crippen LogP contribution in [0.4, 0.5) is 17.1 Å². The molecule has 0 N–H and O–H groups in total. The van der Waals surface area contributed by atoms with Crippen LogP contribution in [0.2, 0.25) is 0 Å². The Kier molecular flexibility index (Phi) is 6.93. The second kappa shape index (κ2) is 12.1. The summed E-state index contributed by atoms with van der Waals surface area (Å²) in [4.78, 5) is 2.46. The van der Waals surface area contributed by atoms with Crippen LogP contribution in [-0.2, 0) is 5.41 Å². The second-order valence-corrected chi connectivity index (χ2v) is 15.3. The Balaban J connectivity index is 1.16. The molecular weight excluding hydrogens is 667 g/mol. The predicted molar refractivity (Wildman–Crippen MR) is 230 cm³/mol. The maximum atomic E-state index is 6.93. The molecule has 0 spiro atoms. The van der Waals surface area contributed by atoms with Crippen LogP contribution in [0.1, 0.15) is 25.0 Å². The van der Waals surface area contributed by atoms with E-state index >= 15 is 0 Å². The minimum absolute atomic E-state index is 0.137. The van der Waals surface area contributed by atoms with E-state index in [1.807, 2.05) is 0 Å². The molecule has 55 heavy (non-hydrogen) atoms. The van der Waals surface area contributed by atoms with Crippen molar-refractivity contribution in [3.63, 3.8) is 0 Å². The first kappa shape index (κ1) is 31.6. The van der Waals surface area contributed by atoms with Gasteiger partial charge in [-0.3, -0.25) is 0 Å². The number of benzene rings is 9. The Labute approximate surface area is 321 Å². The van der Waals surface area contributed by atoms with E-state index in [0.29, 0.717) is 0 Å². The fraction of sp³-hybridized carbons (Fsp3) is 0.0566. The number of hydrogen-bond donors (Lipinski definition) is 0. The minimum Gasteiger partial charge on any atom is -0.456 e. The van der Waals surface area contributed by atoms with Crippen molar-refractivity contribution in [3.8, 4) is 56.0 Å². The highest BCUT2D eigenvalue weighted by Crippen LogP contribution is 2.54. The number of ether oxygens (including phenoxy) is 1. The maximum absolute atomic E-state index is 6.93. The van der Waals surface area contributed by atoms with Crippen molar-refractivity contribution in [1.29, 1.82) is 0 Å². The van der Waals surface area contributed by atoms with Crippen molar-refractivity contribution in [2.45, 2.75) is 19.3 Å². The van der Waals surface area contributed by atoms with Crippen LogP contribution in [0.25, 0.3) is 66.1 Å². The lowest BCUT2D eigenvalue weighted by atomic mass is 9.82. The highest BCUT2D eigenvalue weighted by atomic mass is 16.5. The van der Waals surface area contributed by atoms with Crippen molar-refractivity contribution in [3.05, 3.63) is 199 Å². The van der Waals surface area contributed by atoms with Crippen molar-refractivity contribution < 1.29 is 4.74 Å². The smallest absolute Gasteiger partial charge is 0.135 e. The largest absolute Gasteiger partial charge is 0.456 e. The van der Waals surface area contributed by atoms with Gasteiger partial charge in [0.2, 0.25) is 0 Å². The molecule has 9 aromatic carbocycles. The van der Waals surface area contributed by atoms with Gasteiger partial charge in [-0.05, 0) is 103 Å². The fourth-order valence-corrected chi connectivity index (χ4v) is 9.24. The summed E-state index contributed by atoms with van der Waals surface area (Å²) in [5.74, 6) is 1.70. The highest BCUT2D eigenvalue weighted by molar-refractivity contribution is 6.15. The van der Waals surface area contributed by atoms with Gasteiger partial charge in [-0.1, -0.05) is 159 Å². The Morgan fingerprint density at radius 3 is 1.89 bits per heavy atom.